The fourth-order valence-corrected chi connectivity index (χ4v) is 3.50. The second kappa shape index (κ2) is 5.71. The molecule has 1 aromatic rings. The number of nitrogens with two attached hydrogens (primary N) is 1. The van der Waals surface area contributed by atoms with E-state index in [1.165, 1.54) is 12.1 Å². The molecule has 0 aliphatic carbocycles. The van der Waals surface area contributed by atoms with Crippen molar-refractivity contribution in [1.29, 1.82) is 0 Å². The zero-order valence-electron chi connectivity index (χ0n) is 12.3. The largest absolute Gasteiger partial charge is 0.366 e. The molecule has 2 aliphatic heterocycles. The quantitative estimate of drug-likeness (QED) is 0.628. The molecule has 0 saturated carbocycles. The Bertz CT molecular complexity index is 719. The van der Waals surface area contributed by atoms with Crippen LogP contribution in [0.25, 0.3) is 0 Å². The molecule has 10 heteroatoms. The Morgan fingerprint density at radius 1 is 1.22 bits per heavy atom. The smallest absolute Gasteiger partial charge is 0.293 e. The molecule has 1 spiro atoms. The van der Waals surface area contributed by atoms with Gasteiger partial charge in [0, 0.05) is 32.0 Å². The normalized spacial score (nSPS) is 20.8. The van der Waals surface area contributed by atoms with E-state index in [2.05, 4.69) is 0 Å². The lowest BCUT2D eigenvalue weighted by Crippen LogP contribution is -2.45. The van der Waals surface area contributed by atoms with E-state index >= 15 is 0 Å². The molecule has 2 aliphatic rings. The maximum absolute atomic E-state index is 11.4. The van der Waals surface area contributed by atoms with E-state index in [4.69, 9.17) is 14.6 Å². The van der Waals surface area contributed by atoms with E-state index in [0.717, 1.165) is 6.07 Å². The molecule has 2 N–H and O–H groups in total. The molecule has 3 rings (SSSR count). The molecule has 2 fully saturated rings. The highest BCUT2D eigenvalue weighted by molar-refractivity contribution is 7.89. The molecule has 23 heavy (non-hydrogen) atoms. The summed E-state index contributed by atoms with van der Waals surface area (Å²) in [4.78, 5) is 12.2. The van der Waals surface area contributed by atoms with E-state index < -0.39 is 20.7 Å². The molecule has 2 saturated heterocycles. The molecule has 0 bridgehead atoms. The summed E-state index contributed by atoms with van der Waals surface area (Å²) < 4.78 is 34.0. The first-order valence-corrected chi connectivity index (χ1v) is 8.70. The van der Waals surface area contributed by atoms with E-state index in [9.17, 15) is 18.5 Å². The maximum Gasteiger partial charge on any atom is 0.293 e. The van der Waals surface area contributed by atoms with Gasteiger partial charge in [-0.2, -0.15) is 0 Å². The van der Waals surface area contributed by atoms with E-state index in [1.807, 2.05) is 4.90 Å². The predicted molar refractivity (Wildman–Crippen MR) is 80.6 cm³/mol. The Kier molecular flexibility index (Phi) is 4.00. The third kappa shape index (κ3) is 3.15. The highest BCUT2D eigenvalue weighted by Gasteiger charge is 2.40. The van der Waals surface area contributed by atoms with Gasteiger partial charge in [-0.05, 0) is 12.1 Å². The van der Waals surface area contributed by atoms with Crippen molar-refractivity contribution in [3.63, 3.8) is 0 Å². The molecular formula is C13H17N3O6S. The van der Waals surface area contributed by atoms with Crippen LogP contribution in [0.15, 0.2) is 23.1 Å². The minimum Gasteiger partial charge on any atom is -0.366 e. The van der Waals surface area contributed by atoms with Gasteiger partial charge in [0.2, 0.25) is 10.0 Å². The first kappa shape index (κ1) is 16.1. The number of primary sulfonamides is 1. The van der Waals surface area contributed by atoms with Gasteiger partial charge in [0.05, 0.1) is 23.0 Å². The third-order valence-electron chi connectivity index (χ3n) is 4.15. The number of sulfonamides is 1. The Labute approximate surface area is 133 Å². The number of piperidine rings is 1. The first-order chi connectivity index (χ1) is 10.8. The van der Waals surface area contributed by atoms with Crippen molar-refractivity contribution in [3.8, 4) is 0 Å². The number of nitro benzene ring substituents is 1. The van der Waals surface area contributed by atoms with Crippen molar-refractivity contribution >= 4 is 21.4 Å². The number of rotatable bonds is 3. The Morgan fingerprint density at radius 3 is 2.35 bits per heavy atom. The molecule has 0 aromatic heterocycles. The lowest BCUT2D eigenvalue weighted by atomic mass is 10.0. The molecule has 1 aromatic carbocycles. The Hall–Kier alpha value is -1.75. The second-order valence-corrected chi connectivity index (χ2v) is 7.11. The van der Waals surface area contributed by atoms with Crippen LogP contribution in [0.5, 0.6) is 0 Å². The molecule has 0 amide bonds. The first-order valence-electron chi connectivity index (χ1n) is 7.15. The van der Waals surface area contributed by atoms with Gasteiger partial charge in [0.1, 0.15) is 5.69 Å². The fraction of sp³-hybridized carbons (Fsp3) is 0.538. The van der Waals surface area contributed by atoms with Crippen LogP contribution in [0.2, 0.25) is 0 Å². The van der Waals surface area contributed by atoms with Crippen LogP contribution in [0.3, 0.4) is 0 Å². The van der Waals surface area contributed by atoms with Crippen molar-refractivity contribution in [2.45, 2.75) is 23.5 Å². The summed E-state index contributed by atoms with van der Waals surface area (Å²) in [6.45, 7) is 2.16. The summed E-state index contributed by atoms with van der Waals surface area (Å²) in [5, 5.41) is 16.3. The molecule has 2 heterocycles. The highest BCUT2D eigenvalue weighted by atomic mass is 32.2. The van der Waals surface area contributed by atoms with Gasteiger partial charge in [-0.3, -0.25) is 10.1 Å². The number of ether oxygens (including phenoxy) is 2. The summed E-state index contributed by atoms with van der Waals surface area (Å²) >= 11 is 0. The van der Waals surface area contributed by atoms with Crippen LogP contribution in [0, 0.1) is 10.1 Å². The molecule has 0 unspecified atom stereocenters. The molecule has 126 valence electrons. The average Bonchev–Trinajstić information content (AvgIpc) is 2.95. The lowest BCUT2D eigenvalue weighted by molar-refractivity contribution is -0.384. The zero-order chi connectivity index (χ0) is 16.7. The van der Waals surface area contributed by atoms with Crippen molar-refractivity contribution < 1.29 is 22.8 Å². The van der Waals surface area contributed by atoms with Crippen LogP contribution in [-0.4, -0.2) is 45.4 Å². The average molecular weight is 343 g/mol. The number of nitro groups is 1. The summed E-state index contributed by atoms with van der Waals surface area (Å²) in [6.07, 6.45) is 1.20. The van der Waals surface area contributed by atoms with Gasteiger partial charge < -0.3 is 14.4 Å². The van der Waals surface area contributed by atoms with Crippen molar-refractivity contribution in [2.24, 2.45) is 5.14 Å². The highest BCUT2D eigenvalue weighted by Crippen LogP contribution is 2.37. The second-order valence-electron chi connectivity index (χ2n) is 5.55. The molecule has 0 radical (unpaired) electrons. The van der Waals surface area contributed by atoms with Crippen LogP contribution in [0.1, 0.15) is 12.8 Å². The number of nitrogens with zero attached hydrogens (tertiary/aromatic N) is 2. The number of hydrogen-bond donors (Lipinski definition) is 1. The monoisotopic (exact) mass is 343 g/mol. The third-order valence-corrected chi connectivity index (χ3v) is 5.06. The Balaban J connectivity index is 1.87. The SMILES string of the molecule is NS(=O)(=O)c1ccc(N2CCC3(CC2)OCCO3)c([N+](=O)[O-])c1. The summed E-state index contributed by atoms with van der Waals surface area (Å²) in [5.74, 6) is -0.578. The van der Waals surface area contributed by atoms with Gasteiger partial charge in [-0.1, -0.05) is 0 Å². The fourth-order valence-electron chi connectivity index (χ4n) is 2.97. The lowest BCUT2D eigenvalue weighted by Gasteiger charge is -2.38. The van der Waals surface area contributed by atoms with Crippen molar-refractivity contribution in [1.82, 2.24) is 0 Å². The zero-order valence-corrected chi connectivity index (χ0v) is 13.1. The van der Waals surface area contributed by atoms with Gasteiger partial charge >= 0.3 is 0 Å². The summed E-state index contributed by atoms with van der Waals surface area (Å²) in [6, 6.07) is 3.70. The molecular weight excluding hydrogens is 326 g/mol. The van der Waals surface area contributed by atoms with Crippen LogP contribution < -0.4 is 10.0 Å². The summed E-state index contributed by atoms with van der Waals surface area (Å²) in [5.41, 5.74) is 0.0935. The van der Waals surface area contributed by atoms with Gasteiger partial charge in [0.15, 0.2) is 5.79 Å². The molecule has 0 atom stereocenters. The van der Waals surface area contributed by atoms with E-state index in [-0.39, 0.29) is 10.6 Å². The van der Waals surface area contributed by atoms with Crippen molar-refractivity contribution in [3.05, 3.63) is 28.3 Å². The van der Waals surface area contributed by atoms with E-state index in [0.29, 0.717) is 44.8 Å². The van der Waals surface area contributed by atoms with Crippen LogP contribution in [-0.2, 0) is 19.5 Å². The minimum absolute atomic E-state index is 0.274. The van der Waals surface area contributed by atoms with Crippen molar-refractivity contribution in [2.75, 3.05) is 31.2 Å². The topological polar surface area (TPSA) is 125 Å². The maximum atomic E-state index is 11.4. The number of hydrogen-bond acceptors (Lipinski definition) is 7. The number of benzene rings is 1. The van der Waals surface area contributed by atoms with Gasteiger partial charge in [-0.15, -0.1) is 0 Å². The van der Waals surface area contributed by atoms with Crippen LogP contribution in [0.4, 0.5) is 11.4 Å². The Morgan fingerprint density at radius 2 is 1.83 bits per heavy atom. The van der Waals surface area contributed by atoms with Gasteiger partial charge in [-0.25, -0.2) is 13.6 Å². The summed E-state index contributed by atoms with van der Waals surface area (Å²) in [7, 11) is -3.99. The van der Waals surface area contributed by atoms with E-state index in [1.54, 1.807) is 0 Å². The predicted octanol–water partition coefficient (Wildman–Crippen LogP) is 0.586. The van der Waals surface area contributed by atoms with Crippen LogP contribution >= 0.6 is 0 Å². The minimum atomic E-state index is -3.99. The standard InChI is InChI=1S/C13H17N3O6S/c14-23(19,20)10-1-2-11(12(9-10)16(17)18)15-5-3-13(4-6-15)21-7-8-22-13/h1-2,9H,3-8H2,(H2,14,19,20). The molecule has 9 nitrogen and oxygen atoms in total. The van der Waals surface area contributed by atoms with Gasteiger partial charge in [0.25, 0.3) is 5.69 Å². The number of anilines is 1.